The van der Waals surface area contributed by atoms with E-state index in [4.69, 9.17) is 13.6 Å². The van der Waals surface area contributed by atoms with Gasteiger partial charge in [-0.15, -0.1) is 59.6 Å². The zero-order valence-corrected chi connectivity index (χ0v) is 27.5. The van der Waals surface area contributed by atoms with Crippen LogP contribution < -0.4 is 25.9 Å². The topological polar surface area (TPSA) is 44.2 Å². The maximum Gasteiger partial charge on any atom is 0.241 e. The van der Waals surface area contributed by atoms with E-state index in [1.54, 1.807) is 18.2 Å². The molecule has 6 heteroatoms. The Kier molecular flexibility index (Phi) is 7.45. The third-order valence-electron chi connectivity index (χ3n) is 7.90. The predicted octanol–water partition coefficient (Wildman–Crippen LogP) is 7.43. The van der Waals surface area contributed by atoms with Crippen molar-refractivity contribution in [1.29, 1.82) is 0 Å². The Bertz CT molecular complexity index is 2080. The molecule has 4 nitrogen and oxygen atoms in total. The van der Waals surface area contributed by atoms with Crippen molar-refractivity contribution in [2.45, 2.75) is 33.0 Å². The molecule has 45 heavy (non-hydrogen) atoms. The summed E-state index contributed by atoms with van der Waals surface area (Å²) in [5.41, 5.74) is 8.25. The fourth-order valence-corrected chi connectivity index (χ4v) is 5.67. The van der Waals surface area contributed by atoms with Gasteiger partial charge >= 0.3 is 0 Å². The minimum atomic E-state index is -2.09. The molecule has 0 saturated heterocycles. The molecule has 0 unspecified atom stereocenters. The van der Waals surface area contributed by atoms with E-state index in [0.717, 1.165) is 61.9 Å². The van der Waals surface area contributed by atoms with Crippen LogP contribution in [0.4, 0.5) is 0 Å². The standard InChI is InChI=1S/C27H21BNO2.C12H10N.Ir/c1-27(2,3)17-14-15-29-21(16-17)18-8-6-10-20-26(18)31-24-13-7-12-23-25(24)28(20)19-9-4-5-11-22(19)30-23;1-10-7-8-12(13-9-10)11-5-3-2-4-6-11;/h4-7,9-16H,1-3H3;2-5,7-9H,1H3;/q2*-1;/i;1D3;. The van der Waals surface area contributed by atoms with Crippen molar-refractivity contribution in [3.63, 3.8) is 0 Å². The fraction of sp³-hybridized carbons (Fsp3) is 0.128. The molecule has 0 atom stereocenters. The molecule has 223 valence electrons. The van der Waals surface area contributed by atoms with Crippen LogP contribution in [0.15, 0.2) is 116 Å². The minimum absolute atomic E-state index is 0. The van der Waals surface area contributed by atoms with Crippen LogP contribution >= 0.6 is 0 Å². The summed E-state index contributed by atoms with van der Waals surface area (Å²) in [6.07, 6.45) is 3.27. The van der Waals surface area contributed by atoms with Gasteiger partial charge in [-0.1, -0.05) is 68.8 Å². The number of aryl methyl sites for hydroxylation is 1. The Morgan fingerprint density at radius 1 is 0.733 bits per heavy atom. The van der Waals surface area contributed by atoms with Gasteiger partial charge in [0.1, 0.15) is 17.2 Å². The first-order valence-corrected chi connectivity index (χ1v) is 14.6. The first-order valence-electron chi connectivity index (χ1n) is 16.1. The van der Waals surface area contributed by atoms with Crippen LogP contribution in [0.5, 0.6) is 23.0 Å². The molecule has 0 fully saturated rings. The number of fused-ring (bicyclic) bond motifs is 4. The van der Waals surface area contributed by atoms with E-state index in [9.17, 15) is 0 Å². The minimum Gasteiger partial charge on any atom is -0.503 e. The van der Waals surface area contributed by atoms with Gasteiger partial charge in [-0.05, 0) is 64.5 Å². The number of rotatable bonds is 2. The summed E-state index contributed by atoms with van der Waals surface area (Å²) < 4.78 is 34.4. The summed E-state index contributed by atoms with van der Waals surface area (Å²) >= 11 is 0. The van der Waals surface area contributed by atoms with Gasteiger partial charge in [-0.25, -0.2) is 0 Å². The maximum absolute atomic E-state index is 7.23. The number of hydrogen-bond acceptors (Lipinski definition) is 4. The van der Waals surface area contributed by atoms with Crippen LogP contribution in [0, 0.1) is 19.0 Å². The van der Waals surface area contributed by atoms with E-state index in [1.807, 2.05) is 60.8 Å². The number of aromatic nitrogens is 2. The normalized spacial score (nSPS) is 13.4. The molecule has 1 radical (unpaired) electrons. The maximum atomic E-state index is 7.23. The number of hydrogen-bond donors (Lipinski definition) is 0. The van der Waals surface area contributed by atoms with E-state index in [-0.39, 0.29) is 37.8 Å². The Hall–Kier alpha value is -4.51. The van der Waals surface area contributed by atoms with Gasteiger partial charge < -0.3 is 19.4 Å². The van der Waals surface area contributed by atoms with Crippen molar-refractivity contribution in [3.8, 4) is 45.5 Å². The average molecular weight is 766 g/mol. The number of ether oxygens (including phenoxy) is 2. The van der Waals surface area contributed by atoms with Gasteiger partial charge in [0.2, 0.25) is 6.71 Å². The van der Waals surface area contributed by atoms with Crippen molar-refractivity contribution in [3.05, 3.63) is 139 Å². The van der Waals surface area contributed by atoms with E-state index in [1.165, 1.54) is 11.8 Å². The molecule has 6 aromatic rings. The third-order valence-corrected chi connectivity index (χ3v) is 7.90. The van der Waals surface area contributed by atoms with Gasteiger partial charge in [-0.3, -0.25) is 0 Å². The quantitative estimate of drug-likeness (QED) is 0.136. The van der Waals surface area contributed by atoms with Crippen molar-refractivity contribution in [2.75, 3.05) is 0 Å². The predicted molar refractivity (Wildman–Crippen MR) is 178 cm³/mol. The molecular weight excluding hydrogens is 731 g/mol. The van der Waals surface area contributed by atoms with Crippen LogP contribution in [0.2, 0.25) is 0 Å². The molecule has 0 bridgehead atoms. The molecule has 4 heterocycles. The molecule has 4 aromatic carbocycles. The first-order chi connectivity index (χ1) is 22.6. The van der Waals surface area contributed by atoms with Gasteiger partial charge in [0, 0.05) is 47.8 Å². The Morgan fingerprint density at radius 3 is 2.29 bits per heavy atom. The largest absolute Gasteiger partial charge is 0.503 e. The number of para-hydroxylation sites is 1. The fourth-order valence-electron chi connectivity index (χ4n) is 5.67. The molecule has 2 aliphatic heterocycles. The monoisotopic (exact) mass is 766 g/mol. The van der Waals surface area contributed by atoms with Gasteiger partial charge in [-0.2, -0.15) is 0 Å². The molecule has 0 amide bonds. The average Bonchev–Trinajstić information content (AvgIpc) is 3.08. The Labute approximate surface area is 283 Å². The smallest absolute Gasteiger partial charge is 0.241 e. The summed E-state index contributed by atoms with van der Waals surface area (Å²) in [5, 5.41) is 0. The molecule has 0 spiro atoms. The third kappa shape index (κ3) is 5.96. The summed E-state index contributed by atoms with van der Waals surface area (Å²) in [7, 11) is 0. The Morgan fingerprint density at radius 2 is 1.53 bits per heavy atom. The van der Waals surface area contributed by atoms with E-state index in [0.29, 0.717) is 0 Å². The number of pyridine rings is 2. The summed E-state index contributed by atoms with van der Waals surface area (Å²) in [4.78, 5) is 8.80. The van der Waals surface area contributed by atoms with Crippen LogP contribution in [0.1, 0.15) is 36.0 Å². The summed E-state index contributed by atoms with van der Waals surface area (Å²) in [5.74, 6) is 3.41. The van der Waals surface area contributed by atoms with Crippen molar-refractivity contribution < 1.29 is 33.7 Å². The number of nitrogens with zero attached hydrogens (tertiary/aromatic N) is 2. The molecule has 2 aliphatic rings. The second-order valence-electron chi connectivity index (χ2n) is 11.9. The second-order valence-corrected chi connectivity index (χ2v) is 11.9. The van der Waals surface area contributed by atoms with E-state index >= 15 is 0 Å². The van der Waals surface area contributed by atoms with Crippen LogP contribution in [-0.2, 0) is 25.5 Å². The first kappa shape index (κ1) is 26.9. The summed E-state index contributed by atoms with van der Waals surface area (Å²) in [6.45, 7) is 4.60. The van der Waals surface area contributed by atoms with Crippen LogP contribution in [0.3, 0.4) is 0 Å². The van der Waals surface area contributed by atoms with Gasteiger partial charge in [0.15, 0.2) is 0 Å². The molecule has 8 rings (SSSR count). The van der Waals surface area contributed by atoms with Crippen LogP contribution in [-0.4, -0.2) is 16.7 Å². The van der Waals surface area contributed by atoms with E-state index < -0.39 is 6.85 Å². The van der Waals surface area contributed by atoms with Crippen molar-refractivity contribution >= 4 is 23.1 Å². The Balaban J connectivity index is 0.000000201. The van der Waals surface area contributed by atoms with Gasteiger partial charge in [0.05, 0.1) is 0 Å². The van der Waals surface area contributed by atoms with E-state index in [2.05, 4.69) is 73.2 Å². The summed E-state index contributed by atoms with van der Waals surface area (Å²) in [6, 6.07) is 39.8. The molecule has 0 saturated carbocycles. The second kappa shape index (κ2) is 12.5. The van der Waals surface area contributed by atoms with Gasteiger partial charge in [0.25, 0.3) is 0 Å². The van der Waals surface area contributed by atoms with Crippen LogP contribution in [0.25, 0.3) is 22.5 Å². The molecule has 2 aromatic heterocycles. The zero-order chi connectivity index (χ0) is 32.8. The zero-order valence-electron chi connectivity index (χ0n) is 28.1. The van der Waals surface area contributed by atoms with Crippen molar-refractivity contribution in [1.82, 2.24) is 9.97 Å². The SMILES string of the molecule is CC(C)(C)c1ccnc(-c2[c-]ccc3c2Oc2cccc4c2B3c2ccccc2O4)c1.[2H]C([2H])([2H])c1ccc(-c2[c-]cccc2)nc1.[Ir]. The van der Waals surface area contributed by atoms with Crippen molar-refractivity contribution in [2.24, 2.45) is 0 Å². The molecule has 0 N–H and O–H groups in total. The molecular formula is C39H31BIrN2O2-2. The number of benzene rings is 4. The molecule has 0 aliphatic carbocycles.